The number of amidine groups is 1. The van der Waals surface area contributed by atoms with Crippen molar-refractivity contribution in [2.24, 2.45) is 10.9 Å². The first kappa shape index (κ1) is 11.5. The van der Waals surface area contributed by atoms with Gasteiger partial charge in [0, 0.05) is 7.05 Å². The van der Waals surface area contributed by atoms with E-state index in [0.717, 1.165) is 6.42 Å². The summed E-state index contributed by atoms with van der Waals surface area (Å²) in [7, 11) is 1.50. The van der Waals surface area contributed by atoms with Crippen molar-refractivity contribution in [1.82, 2.24) is 10.6 Å². The van der Waals surface area contributed by atoms with Crippen molar-refractivity contribution in [2.45, 2.75) is 25.8 Å². The van der Waals surface area contributed by atoms with Crippen molar-refractivity contribution in [1.29, 1.82) is 0 Å². The summed E-state index contributed by atoms with van der Waals surface area (Å²) in [5, 5.41) is 16.2. The predicted molar refractivity (Wildman–Crippen MR) is 49.7 cm³/mol. The third-order valence-electron chi connectivity index (χ3n) is 1.58. The van der Waals surface area contributed by atoms with E-state index in [1.807, 2.05) is 6.92 Å². The number of hydrogen-bond acceptors (Lipinski definition) is 3. The van der Waals surface area contributed by atoms with Gasteiger partial charge < -0.3 is 21.6 Å². The number of rotatable bonds is 4. The minimum atomic E-state index is -0.407. The molecule has 0 rings (SSSR count). The van der Waals surface area contributed by atoms with Crippen molar-refractivity contribution < 1.29 is 10.0 Å². The van der Waals surface area contributed by atoms with Crippen LogP contribution in [-0.2, 0) is 0 Å². The molecular formula is C7H16N4O2. The number of nitrogens with one attached hydrogen (secondary N) is 2. The first-order valence-corrected chi connectivity index (χ1v) is 4.11. The number of carbonyl (C=O) groups is 1. The summed E-state index contributed by atoms with van der Waals surface area (Å²) in [6.07, 6.45) is 1.48. The van der Waals surface area contributed by atoms with Crippen molar-refractivity contribution in [3.63, 3.8) is 0 Å². The third-order valence-corrected chi connectivity index (χ3v) is 1.58. The lowest BCUT2D eigenvalue weighted by atomic mass is 10.1. The molecule has 0 aliphatic heterocycles. The molecular weight excluding hydrogens is 172 g/mol. The van der Waals surface area contributed by atoms with E-state index in [2.05, 4.69) is 15.8 Å². The second kappa shape index (κ2) is 6.10. The van der Waals surface area contributed by atoms with Crippen LogP contribution >= 0.6 is 0 Å². The molecule has 0 fully saturated rings. The number of amides is 2. The summed E-state index contributed by atoms with van der Waals surface area (Å²) >= 11 is 0. The number of urea groups is 1. The van der Waals surface area contributed by atoms with Crippen LogP contribution in [0.15, 0.2) is 5.16 Å². The van der Waals surface area contributed by atoms with E-state index in [1.165, 1.54) is 7.05 Å². The Morgan fingerprint density at radius 3 is 2.69 bits per heavy atom. The summed E-state index contributed by atoms with van der Waals surface area (Å²) in [5.74, 6) is 0.0189. The first-order valence-electron chi connectivity index (χ1n) is 4.11. The van der Waals surface area contributed by atoms with Gasteiger partial charge in [0.2, 0.25) is 0 Å². The van der Waals surface area contributed by atoms with Gasteiger partial charge in [-0.15, -0.1) is 0 Å². The normalized spacial score (nSPS) is 13.5. The number of nitrogens with zero attached hydrogens (tertiary/aromatic N) is 1. The highest BCUT2D eigenvalue weighted by Gasteiger charge is 2.14. The van der Waals surface area contributed by atoms with Crippen molar-refractivity contribution in [3.8, 4) is 0 Å². The smallest absolute Gasteiger partial charge is 0.315 e. The fraction of sp³-hybridized carbons (Fsp3) is 0.714. The predicted octanol–water partition coefficient (Wildman–Crippen LogP) is -0.169. The summed E-state index contributed by atoms with van der Waals surface area (Å²) in [5.41, 5.74) is 5.36. The Balaban J connectivity index is 4.17. The molecule has 0 spiro atoms. The monoisotopic (exact) mass is 188 g/mol. The van der Waals surface area contributed by atoms with Crippen molar-refractivity contribution in [2.75, 3.05) is 7.05 Å². The average molecular weight is 188 g/mol. The molecule has 1 unspecified atom stereocenters. The Kier molecular flexibility index (Phi) is 5.42. The van der Waals surface area contributed by atoms with Crippen molar-refractivity contribution >= 4 is 11.9 Å². The topological polar surface area (TPSA) is 99.7 Å². The Hall–Kier alpha value is -1.46. The average Bonchev–Trinajstić information content (AvgIpc) is 2.15. The Morgan fingerprint density at radius 1 is 1.69 bits per heavy atom. The highest BCUT2D eigenvalue weighted by Crippen LogP contribution is 1.96. The van der Waals surface area contributed by atoms with Crippen LogP contribution in [0.3, 0.4) is 0 Å². The lowest BCUT2D eigenvalue weighted by Gasteiger charge is -2.15. The van der Waals surface area contributed by atoms with Gasteiger partial charge >= 0.3 is 6.03 Å². The summed E-state index contributed by atoms with van der Waals surface area (Å²) in [4.78, 5) is 10.9. The van der Waals surface area contributed by atoms with E-state index in [9.17, 15) is 4.79 Å². The van der Waals surface area contributed by atoms with Gasteiger partial charge in [-0.2, -0.15) is 0 Å². The molecule has 0 aromatic rings. The lowest BCUT2D eigenvalue weighted by molar-refractivity contribution is 0.240. The van der Waals surface area contributed by atoms with Gasteiger partial charge in [0.15, 0.2) is 5.84 Å². The quantitative estimate of drug-likeness (QED) is 0.213. The molecule has 13 heavy (non-hydrogen) atoms. The maximum absolute atomic E-state index is 10.9. The van der Waals surface area contributed by atoms with E-state index in [-0.39, 0.29) is 11.9 Å². The van der Waals surface area contributed by atoms with E-state index < -0.39 is 6.04 Å². The zero-order chi connectivity index (χ0) is 10.3. The van der Waals surface area contributed by atoms with Crippen LogP contribution < -0.4 is 16.4 Å². The minimum Gasteiger partial charge on any atom is -0.409 e. The zero-order valence-corrected chi connectivity index (χ0v) is 7.87. The number of oxime groups is 1. The highest BCUT2D eigenvalue weighted by atomic mass is 16.4. The fourth-order valence-electron chi connectivity index (χ4n) is 0.883. The van der Waals surface area contributed by atoms with Crippen LogP contribution in [0.25, 0.3) is 0 Å². The Labute approximate surface area is 77.2 Å². The van der Waals surface area contributed by atoms with Gasteiger partial charge in [0.05, 0.1) is 6.04 Å². The summed E-state index contributed by atoms with van der Waals surface area (Å²) in [6.45, 7) is 1.95. The molecule has 0 bridgehead atoms. The molecule has 0 aromatic heterocycles. The second-order valence-electron chi connectivity index (χ2n) is 2.59. The molecule has 0 aromatic carbocycles. The second-order valence-corrected chi connectivity index (χ2v) is 2.59. The van der Waals surface area contributed by atoms with Crippen LogP contribution in [-0.4, -0.2) is 30.2 Å². The summed E-state index contributed by atoms with van der Waals surface area (Å²) < 4.78 is 0. The first-order chi connectivity index (χ1) is 6.15. The number of hydrogen-bond donors (Lipinski definition) is 4. The molecule has 1 atom stereocenters. The Morgan fingerprint density at radius 2 is 2.31 bits per heavy atom. The SMILES string of the molecule is CCCC(NC(=O)NC)C(N)=NO. The fourth-order valence-corrected chi connectivity index (χ4v) is 0.883. The van der Waals surface area contributed by atoms with Crippen molar-refractivity contribution in [3.05, 3.63) is 0 Å². The van der Waals surface area contributed by atoms with Crippen LogP contribution in [0.4, 0.5) is 4.79 Å². The number of nitrogens with two attached hydrogens (primary N) is 1. The van der Waals surface area contributed by atoms with Gasteiger partial charge in [-0.1, -0.05) is 18.5 Å². The van der Waals surface area contributed by atoms with Crippen LogP contribution in [0.5, 0.6) is 0 Å². The van der Waals surface area contributed by atoms with Gasteiger partial charge in [-0.05, 0) is 6.42 Å². The molecule has 0 saturated heterocycles. The number of carbonyl (C=O) groups excluding carboxylic acids is 1. The largest absolute Gasteiger partial charge is 0.409 e. The Bertz CT molecular complexity index is 193. The molecule has 6 nitrogen and oxygen atoms in total. The van der Waals surface area contributed by atoms with E-state index in [1.54, 1.807) is 0 Å². The molecule has 76 valence electrons. The molecule has 5 N–H and O–H groups in total. The van der Waals surface area contributed by atoms with Crippen LogP contribution in [0.1, 0.15) is 19.8 Å². The molecule has 2 amide bonds. The molecule has 0 aliphatic carbocycles. The van der Waals surface area contributed by atoms with Gasteiger partial charge in [0.1, 0.15) is 0 Å². The van der Waals surface area contributed by atoms with E-state index >= 15 is 0 Å². The van der Waals surface area contributed by atoms with Gasteiger partial charge in [0.25, 0.3) is 0 Å². The van der Waals surface area contributed by atoms with E-state index in [4.69, 9.17) is 10.9 Å². The minimum absolute atomic E-state index is 0.0189. The standard InChI is InChI=1S/C7H16N4O2/c1-3-4-5(6(8)11-13)10-7(12)9-2/h5,13H,3-4H2,1-2H3,(H2,8,11)(H2,9,10,12). The summed E-state index contributed by atoms with van der Waals surface area (Å²) in [6, 6.07) is -0.750. The van der Waals surface area contributed by atoms with Crippen LogP contribution in [0, 0.1) is 0 Å². The molecule has 0 radical (unpaired) electrons. The molecule has 6 heteroatoms. The molecule has 0 heterocycles. The molecule has 0 aliphatic rings. The van der Waals surface area contributed by atoms with Gasteiger partial charge in [-0.25, -0.2) is 4.79 Å². The third kappa shape index (κ3) is 4.19. The van der Waals surface area contributed by atoms with E-state index in [0.29, 0.717) is 6.42 Å². The van der Waals surface area contributed by atoms with Gasteiger partial charge in [-0.3, -0.25) is 0 Å². The maximum Gasteiger partial charge on any atom is 0.315 e. The van der Waals surface area contributed by atoms with Crippen LogP contribution in [0.2, 0.25) is 0 Å². The maximum atomic E-state index is 10.9. The zero-order valence-electron chi connectivity index (χ0n) is 7.87. The molecule has 0 saturated carbocycles. The lowest BCUT2D eigenvalue weighted by Crippen LogP contribution is -2.47. The highest BCUT2D eigenvalue weighted by molar-refractivity contribution is 5.89.